The third kappa shape index (κ3) is 4.65. The van der Waals surface area contributed by atoms with Gasteiger partial charge in [-0.1, -0.05) is 12.1 Å². The van der Waals surface area contributed by atoms with Crippen LogP contribution in [-0.2, 0) is 6.42 Å². The fourth-order valence-electron chi connectivity index (χ4n) is 2.04. The molecule has 0 aliphatic carbocycles. The molecule has 0 aliphatic rings. The molecule has 1 atom stereocenters. The average Bonchev–Trinajstić information content (AvgIpc) is 2.96. The number of nitrogens with one attached hydrogen (secondary N) is 1. The predicted molar refractivity (Wildman–Crippen MR) is 78.8 cm³/mol. The number of hydrogen-bond acceptors (Lipinski definition) is 4. The van der Waals surface area contributed by atoms with Crippen LogP contribution in [-0.4, -0.2) is 30.3 Å². The number of para-hydroxylation sites is 1. The molecule has 0 saturated carbocycles. The quantitative estimate of drug-likeness (QED) is 0.731. The molecule has 2 rings (SSSR count). The van der Waals surface area contributed by atoms with Crippen molar-refractivity contribution in [2.45, 2.75) is 19.4 Å². The fourth-order valence-corrected chi connectivity index (χ4v) is 2.04. The van der Waals surface area contributed by atoms with Gasteiger partial charge in [-0.05, 0) is 31.2 Å². The van der Waals surface area contributed by atoms with Crippen molar-refractivity contribution in [2.24, 2.45) is 0 Å². The van der Waals surface area contributed by atoms with Gasteiger partial charge in [0.15, 0.2) is 0 Å². The Hall–Kier alpha value is -2.27. The molecular formula is C16H19NO4. The Morgan fingerprint density at radius 2 is 2.14 bits per heavy atom. The first-order valence-electron chi connectivity index (χ1n) is 6.87. The summed E-state index contributed by atoms with van der Waals surface area (Å²) < 4.78 is 10.8. The molecule has 5 heteroatoms. The number of carboxylic acids is 1. The first kappa shape index (κ1) is 15.1. The fraction of sp³-hybridized carbons (Fsp3) is 0.312. The van der Waals surface area contributed by atoms with E-state index in [1.165, 1.54) is 6.07 Å². The smallest absolute Gasteiger partial charge is 0.339 e. The van der Waals surface area contributed by atoms with E-state index in [9.17, 15) is 4.79 Å². The molecule has 112 valence electrons. The van der Waals surface area contributed by atoms with E-state index in [1.54, 1.807) is 24.5 Å². The van der Waals surface area contributed by atoms with E-state index in [4.69, 9.17) is 14.3 Å². The lowest BCUT2D eigenvalue weighted by Crippen LogP contribution is -2.31. The number of hydrogen-bond donors (Lipinski definition) is 2. The average molecular weight is 289 g/mol. The molecule has 0 fully saturated rings. The van der Waals surface area contributed by atoms with Crippen LogP contribution < -0.4 is 10.1 Å². The van der Waals surface area contributed by atoms with E-state index < -0.39 is 5.97 Å². The molecule has 0 aliphatic heterocycles. The minimum atomic E-state index is -0.982. The van der Waals surface area contributed by atoms with Crippen molar-refractivity contribution in [2.75, 3.05) is 13.2 Å². The SMILES string of the molecule is CC(Cc1ccco1)NCCOc1ccccc1C(=O)O. The Kier molecular flexibility index (Phi) is 5.40. The zero-order chi connectivity index (χ0) is 15.1. The maximum Gasteiger partial charge on any atom is 0.339 e. The third-order valence-corrected chi connectivity index (χ3v) is 3.06. The van der Waals surface area contributed by atoms with Crippen LogP contribution in [0.15, 0.2) is 47.1 Å². The van der Waals surface area contributed by atoms with Crippen LogP contribution in [0.4, 0.5) is 0 Å². The highest BCUT2D eigenvalue weighted by molar-refractivity contribution is 5.90. The van der Waals surface area contributed by atoms with Gasteiger partial charge in [-0.25, -0.2) is 4.79 Å². The first-order valence-corrected chi connectivity index (χ1v) is 6.87. The van der Waals surface area contributed by atoms with E-state index in [-0.39, 0.29) is 11.6 Å². The van der Waals surface area contributed by atoms with Gasteiger partial charge in [0.25, 0.3) is 0 Å². The molecule has 0 spiro atoms. The Bertz CT molecular complexity index is 565. The molecule has 2 N–H and O–H groups in total. The zero-order valence-electron chi connectivity index (χ0n) is 11.9. The van der Waals surface area contributed by atoms with E-state index in [0.717, 1.165) is 12.2 Å². The summed E-state index contributed by atoms with van der Waals surface area (Å²) in [5, 5.41) is 12.4. The van der Waals surface area contributed by atoms with Crippen LogP contribution in [0.25, 0.3) is 0 Å². The molecule has 1 aromatic carbocycles. The van der Waals surface area contributed by atoms with Gasteiger partial charge < -0.3 is 19.6 Å². The summed E-state index contributed by atoms with van der Waals surface area (Å²) in [6.45, 7) is 3.11. The molecule has 0 amide bonds. The second-order valence-corrected chi connectivity index (χ2v) is 4.79. The minimum Gasteiger partial charge on any atom is -0.491 e. The molecule has 1 aromatic heterocycles. The van der Waals surface area contributed by atoms with Crippen LogP contribution >= 0.6 is 0 Å². The first-order chi connectivity index (χ1) is 10.2. The lowest BCUT2D eigenvalue weighted by molar-refractivity contribution is 0.0692. The highest BCUT2D eigenvalue weighted by Gasteiger charge is 2.10. The highest BCUT2D eigenvalue weighted by atomic mass is 16.5. The van der Waals surface area contributed by atoms with Crippen LogP contribution in [0.5, 0.6) is 5.75 Å². The van der Waals surface area contributed by atoms with Crippen LogP contribution in [0.1, 0.15) is 23.0 Å². The summed E-state index contributed by atoms with van der Waals surface area (Å²) in [5.41, 5.74) is 0.182. The molecule has 0 radical (unpaired) electrons. The molecule has 0 bridgehead atoms. The molecule has 5 nitrogen and oxygen atoms in total. The molecule has 2 aromatic rings. The standard InChI is InChI=1S/C16H19NO4/c1-12(11-13-5-4-9-20-13)17-8-10-21-15-7-3-2-6-14(15)16(18)19/h2-7,9,12,17H,8,10-11H2,1H3,(H,18,19). The topological polar surface area (TPSA) is 71.7 Å². The summed E-state index contributed by atoms with van der Waals surface area (Å²) >= 11 is 0. The second-order valence-electron chi connectivity index (χ2n) is 4.79. The number of carbonyl (C=O) groups is 1. The number of ether oxygens (including phenoxy) is 1. The van der Waals surface area contributed by atoms with Crippen molar-refractivity contribution in [1.82, 2.24) is 5.32 Å². The van der Waals surface area contributed by atoms with E-state index in [2.05, 4.69) is 12.2 Å². The van der Waals surface area contributed by atoms with Crippen LogP contribution in [0.3, 0.4) is 0 Å². The summed E-state index contributed by atoms with van der Waals surface area (Å²) in [6.07, 6.45) is 2.46. The molecule has 0 saturated heterocycles. The van der Waals surface area contributed by atoms with Crippen molar-refractivity contribution in [3.05, 3.63) is 54.0 Å². The Morgan fingerprint density at radius 3 is 2.86 bits per heavy atom. The monoisotopic (exact) mass is 289 g/mol. The van der Waals surface area contributed by atoms with Crippen molar-refractivity contribution in [3.8, 4) is 5.75 Å². The van der Waals surface area contributed by atoms with Crippen molar-refractivity contribution in [3.63, 3.8) is 0 Å². The van der Waals surface area contributed by atoms with Crippen molar-refractivity contribution in [1.29, 1.82) is 0 Å². The van der Waals surface area contributed by atoms with Gasteiger partial charge in [-0.2, -0.15) is 0 Å². The predicted octanol–water partition coefficient (Wildman–Crippen LogP) is 2.58. The molecule has 1 unspecified atom stereocenters. The molecule has 21 heavy (non-hydrogen) atoms. The van der Waals surface area contributed by atoms with Crippen molar-refractivity contribution < 1.29 is 19.1 Å². The van der Waals surface area contributed by atoms with E-state index in [1.807, 2.05) is 12.1 Å². The van der Waals surface area contributed by atoms with E-state index in [0.29, 0.717) is 18.9 Å². The lowest BCUT2D eigenvalue weighted by Gasteiger charge is -2.13. The Balaban J connectivity index is 1.73. The number of carboxylic acid groups (broad SMARTS) is 1. The number of aromatic carboxylic acids is 1. The second kappa shape index (κ2) is 7.50. The zero-order valence-corrected chi connectivity index (χ0v) is 11.9. The van der Waals surface area contributed by atoms with Crippen LogP contribution in [0, 0.1) is 0 Å². The third-order valence-electron chi connectivity index (χ3n) is 3.06. The van der Waals surface area contributed by atoms with Gasteiger partial charge in [-0.3, -0.25) is 0 Å². The van der Waals surface area contributed by atoms with Crippen LogP contribution in [0.2, 0.25) is 0 Å². The van der Waals surface area contributed by atoms with Gasteiger partial charge in [-0.15, -0.1) is 0 Å². The summed E-state index contributed by atoms with van der Waals surface area (Å²) in [7, 11) is 0. The minimum absolute atomic E-state index is 0.182. The summed E-state index contributed by atoms with van der Waals surface area (Å²) in [6, 6.07) is 10.7. The van der Waals surface area contributed by atoms with Gasteiger partial charge in [0.2, 0.25) is 0 Å². The Morgan fingerprint density at radius 1 is 1.33 bits per heavy atom. The summed E-state index contributed by atoms with van der Waals surface area (Å²) in [5.74, 6) is 0.349. The number of rotatable bonds is 8. The van der Waals surface area contributed by atoms with Crippen molar-refractivity contribution >= 4 is 5.97 Å². The van der Waals surface area contributed by atoms with E-state index >= 15 is 0 Å². The van der Waals surface area contributed by atoms with Gasteiger partial charge >= 0.3 is 5.97 Å². The molecular weight excluding hydrogens is 270 g/mol. The summed E-state index contributed by atoms with van der Waals surface area (Å²) in [4.78, 5) is 11.0. The molecule has 1 heterocycles. The number of furan rings is 1. The number of benzene rings is 1. The normalized spacial score (nSPS) is 12.0. The maximum atomic E-state index is 11.0. The highest BCUT2D eigenvalue weighted by Crippen LogP contribution is 2.17. The lowest BCUT2D eigenvalue weighted by atomic mass is 10.2. The Labute approximate surface area is 123 Å². The largest absolute Gasteiger partial charge is 0.491 e. The van der Waals surface area contributed by atoms with Gasteiger partial charge in [0.05, 0.1) is 6.26 Å². The maximum absolute atomic E-state index is 11.0. The van der Waals surface area contributed by atoms with Gasteiger partial charge in [0, 0.05) is 19.0 Å². The van der Waals surface area contributed by atoms with Gasteiger partial charge in [0.1, 0.15) is 23.7 Å².